The zero-order valence-electron chi connectivity index (χ0n) is 10.7. The number of aliphatic carboxylic acids is 1. The second-order valence-electron chi connectivity index (χ2n) is 4.68. The van der Waals surface area contributed by atoms with Crippen LogP contribution in [0.3, 0.4) is 0 Å². The van der Waals surface area contributed by atoms with Crippen molar-refractivity contribution < 1.29 is 19.6 Å². The minimum Gasteiger partial charge on any atom is -0.480 e. The molecule has 7 heteroatoms. The largest absolute Gasteiger partial charge is 0.480 e. The van der Waals surface area contributed by atoms with Gasteiger partial charge in [-0.2, -0.15) is 0 Å². The first kappa shape index (κ1) is 14.0. The van der Waals surface area contributed by atoms with E-state index in [1.165, 1.54) is 29.2 Å². The molecule has 106 valence electrons. The summed E-state index contributed by atoms with van der Waals surface area (Å²) in [4.78, 5) is 34.5. The van der Waals surface area contributed by atoms with Crippen molar-refractivity contribution in [3.8, 4) is 0 Å². The van der Waals surface area contributed by atoms with E-state index in [1.54, 1.807) is 0 Å². The normalized spacial score (nSPS) is 18.0. The zero-order chi connectivity index (χ0) is 14.7. The van der Waals surface area contributed by atoms with Gasteiger partial charge in [0.05, 0.1) is 11.3 Å². The van der Waals surface area contributed by atoms with Crippen LogP contribution in [0.2, 0.25) is 0 Å². The number of nitro groups is 1. The number of nitrogens with zero attached hydrogens (tertiary/aromatic N) is 2. The maximum atomic E-state index is 12.1. The van der Waals surface area contributed by atoms with Crippen LogP contribution in [0.15, 0.2) is 24.3 Å². The summed E-state index contributed by atoms with van der Waals surface area (Å²) in [6, 6.07) is 4.95. The number of amides is 1. The molecule has 7 nitrogen and oxygen atoms in total. The third kappa shape index (κ3) is 2.93. The quantitative estimate of drug-likeness (QED) is 0.659. The van der Waals surface area contributed by atoms with Crippen LogP contribution >= 0.6 is 0 Å². The number of nitro benzene ring substituents is 1. The Labute approximate surface area is 115 Å². The molecule has 1 amide bonds. The lowest BCUT2D eigenvalue weighted by molar-refractivity contribution is -0.384. The molecule has 0 aromatic heterocycles. The minimum atomic E-state index is -0.987. The molecule has 0 saturated carbocycles. The number of likely N-dealkylation sites (tertiary alicyclic amines) is 1. The number of carbonyl (C=O) groups is 2. The van der Waals surface area contributed by atoms with Gasteiger partial charge in [-0.15, -0.1) is 0 Å². The Hall–Kier alpha value is -2.44. The van der Waals surface area contributed by atoms with Gasteiger partial charge in [0.15, 0.2) is 0 Å². The molecule has 0 bridgehead atoms. The molecule has 0 spiro atoms. The van der Waals surface area contributed by atoms with Gasteiger partial charge < -0.3 is 10.0 Å². The molecule has 20 heavy (non-hydrogen) atoms. The standard InChI is InChI=1S/C13H14N2O5/c16-12(14-7-1-2-11(14)13(17)18)8-9-3-5-10(6-4-9)15(19)20/h3-6,11H,1-2,7-8H2,(H,17,18). The van der Waals surface area contributed by atoms with Crippen LogP contribution in [0.25, 0.3) is 0 Å². The van der Waals surface area contributed by atoms with E-state index >= 15 is 0 Å². The second kappa shape index (κ2) is 5.68. The van der Waals surface area contributed by atoms with E-state index in [0.717, 1.165) is 0 Å². The van der Waals surface area contributed by atoms with Crippen LogP contribution in [-0.2, 0) is 16.0 Å². The topological polar surface area (TPSA) is 101 Å². The number of non-ortho nitro benzene ring substituents is 1. The molecule has 1 aromatic rings. The van der Waals surface area contributed by atoms with Gasteiger partial charge in [0, 0.05) is 18.7 Å². The lowest BCUT2D eigenvalue weighted by atomic mass is 10.1. The Kier molecular flexibility index (Phi) is 3.97. The number of rotatable bonds is 4. The maximum Gasteiger partial charge on any atom is 0.326 e. The van der Waals surface area contributed by atoms with E-state index in [-0.39, 0.29) is 18.0 Å². The van der Waals surface area contributed by atoms with Crippen molar-refractivity contribution in [2.75, 3.05) is 6.54 Å². The van der Waals surface area contributed by atoms with Gasteiger partial charge in [0.1, 0.15) is 6.04 Å². The van der Waals surface area contributed by atoms with Gasteiger partial charge in [-0.25, -0.2) is 4.79 Å². The van der Waals surface area contributed by atoms with Crippen LogP contribution in [0.1, 0.15) is 18.4 Å². The summed E-state index contributed by atoms with van der Waals surface area (Å²) in [7, 11) is 0. The number of hydrogen-bond donors (Lipinski definition) is 1. The minimum absolute atomic E-state index is 0.0363. The van der Waals surface area contributed by atoms with Crippen LogP contribution in [-0.4, -0.2) is 39.4 Å². The van der Waals surface area contributed by atoms with E-state index in [4.69, 9.17) is 5.11 Å². The highest BCUT2D eigenvalue weighted by Crippen LogP contribution is 2.19. The lowest BCUT2D eigenvalue weighted by Crippen LogP contribution is -2.41. The number of hydrogen-bond acceptors (Lipinski definition) is 4. The van der Waals surface area contributed by atoms with E-state index in [2.05, 4.69) is 0 Å². The fourth-order valence-corrected chi connectivity index (χ4v) is 2.33. The molecule has 1 aliphatic rings. The number of carboxylic acid groups (broad SMARTS) is 1. The molecular formula is C13H14N2O5. The summed E-state index contributed by atoms with van der Waals surface area (Å²) < 4.78 is 0. The summed E-state index contributed by atoms with van der Waals surface area (Å²) in [6.45, 7) is 0.447. The predicted octanol–water partition coefficient (Wildman–Crippen LogP) is 1.21. The second-order valence-corrected chi connectivity index (χ2v) is 4.68. The Morgan fingerprint density at radius 1 is 1.35 bits per heavy atom. The average molecular weight is 278 g/mol. The summed E-state index contributed by atoms with van der Waals surface area (Å²) in [5, 5.41) is 19.6. The molecule has 1 fully saturated rings. The van der Waals surface area contributed by atoms with Crippen molar-refractivity contribution in [2.45, 2.75) is 25.3 Å². The van der Waals surface area contributed by atoms with Crippen molar-refractivity contribution in [3.05, 3.63) is 39.9 Å². The summed E-state index contributed by atoms with van der Waals surface area (Å²) in [5.41, 5.74) is 0.599. The fourth-order valence-electron chi connectivity index (χ4n) is 2.33. The maximum absolute atomic E-state index is 12.1. The molecule has 0 aliphatic carbocycles. The molecule has 2 rings (SSSR count). The Morgan fingerprint density at radius 3 is 2.55 bits per heavy atom. The highest BCUT2D eigenvalue weighted by atomic mass is 16.6. The highest BCUT2D eigenvalue weighted by molar-refractivity contribution is 5.85. The van der Waals surface area contributed by atoms with Crippen molar-refractivity contribution in [1.29, 1.82) is 0 Å². The Morgan fingerprint density at radius 2 is 2.00 bits per heavy atom. The third-order valence-corrected chi connectivity index (χ3v) is 3.36. The van der Waals surface area contributed by atoms with Crippen LogP contribution < -0.4 is 0 Å². The molecule has 1 saturated heterocycles. The molecule has 1 aliphatic heterocycles. The summed E-state index contributed by atoms with van der Waals surface area (Å²) in [6.07, 6.45) is 1.21. The molecule has 1 unspecified atom stereocenters. The van der Waals surface area contributed by atoms with Crippen LogP contribution in [0.5, 0.6) is 0 Å². The molecule has 0 radical (unpaired) electrons. The Balaban J connectivity index is 2.04. The molecule has 1 N–H and O–H groups in total. The molecule has 1 aromatic carbocycles. The van der Waals surface area contributed by atoms with Gasteiger partial charge in [-0.05, 0) is 18.4 Å². The fraction of sp³-hybridized carbons (Fsp3) is 0.385. The average Bonchev–Trinajstić information content (AvgIpc) is 2.88. The molecule has 1 atom stereocenters. The van der Waals surface area contributed by atoms with E-state index in [9.17, 15) is 19.7 Å². The SMILES string of the molecule is O=C(O)C1CCCN1C(=O)Cc1ccc([N+](=O)[O-])cc1. The smallest absolute Gasteiger partial charge is 0.326 e. The van der Waals surface area contributed by atoms with Gasteiger partial charge >= 0.3 is 5.97 Å². The lowest BCUT2D eigenvalue weighted by Gasteiger charge is -2.21. The summed E-state index contributed by atoms with van der Waals surface area (Å²) >= 11 is 0. The van der Waals surface area contributed by atoms with Crippen molar-refractivity contribution in [3.63, 3.8) is 0 Å². The third-order valence-electron chi connectivity index (χ3n) is 3.36. The van der Waals surface area contributed by atoms with Crippen LogP contribution in [0.4, 0.5) is 5.69 Å². The van der Waals surface area contributed by atoms with Crippen molar-refractivity contribution >= 4 is 17.6 Å². The number of carboxylic acids is 1. The highest BCUT2D eigenvalue weighted by Gasteiger charge is 2.33. The van der Waals surface area contributed by atoms with Crippen molar-refractivity contribution in [2.24, 2.45) is 0 Å². The first-order valence-electron chi connectivity index (χ1n) is 6.24. The predicted molar refractivity (Wildman–Crippen MR) is 69.2 cm³/mol. The first-order chi connectivity index (χ1) is 9.49. The van der Waals surface area contributed by atoms with Gasteiger partial charge in [-0.3, -0.25) is 14.9 Å². The molecular weight excluding hydrogens is 264 g/mol. The monoisotopic (exact) mass is 278 g/mol. The van der Waals surface area contributed by atoms with Gasteiger partial charge in [0.25, 0.3) is 5.69 Å². The van der Waals surface area contributed by atoms with Crippen LogP contribution in [0, 0.1) is 10.1 Å². The zero-order valence-corrected chi connectivity index (χ0v) is 10.7. The summed E-state index contributed by atoms with van der Waals surface area (Å²) in [5.74, 6) is -1.25. The van der Waals surface area contributed by atoms with Crippen molar-refractivity contribution in [1.82, 2.24) is 4.90 Å². The number of benzene rings is 1. The van der Waals surface area contributed by atoms with Gasteiger partial charge in [0.2, 0.25) is 5.91 Å². The van der Waals surface area contributed by atoms with E-state index in [0.29, 0.717) is 24.9 Å². The van der Waals surface area contributed by atoms with E-state index in [1.807, 2.05) is 0 Å². The Bertz CT molecular complexity index is 540. The molecule has 1 heterocycles. The number of carbonyl (C=O) groups excluding carboxylic acids is 1. The van der Waals surface area contributed by atoms with Gasteiger partial charge in [-0.1, -0.05) is 12.1 Å². The van der Waals surface area contributed by atoms with E-state index < -0.39 is 16.9 Å². The first-order valence-corrected chi connectivity index (χ1v) is 6.24.